The van der Waals surface area contributed by atoms with Gasteiger partial charge in [0.05, 0.1) is 22.1 Å². The molecule has 0 amide bonds. The van der Waals surface area contributed by atoms with Gasteiger partial charge in [0.1, 0.15) is 0 Å². The number of hydrogen-bond donors (Lipinski definition) is 1. The van der Waals surface area contributed by atoms with Gasteiger partial charge in [-0.2, -0.15) is 22.7 Å². The highest BCUT2D eigenvalue weighted by molar-refractivity contribution is 7.89. The highest BCUT2D eigenvalue weighted by atomic mass is 32.2. The minimum absolute atomic E-state index is 0.261. The van der Waals surface area contributed by atoms with Gasteiger partial charge < -0.3 is 5.73 Å². The highest BCUT2D eigenvalue weighted by Crippen LogP contribution is 2.34. The summed E-state index contributed by atoms with van der Waals surface area (Å²) >= 11 is 0. The van der Waals surface area contributed by atoms with E-state index < -0.39 is 39.4 Å². The fraction of sp³-hybridized carbons (Fsp3) is 0.533. The van der Waals surface area contributed by atoms with Crippen molar-refractivity contribution in [1.82, 2.24) is 4.31 Å². The Labute approximate surface area is 138 Å². The second-order valence-electron chi connectivity index (χ2n) is 5.85. The van der Waals surface area contributed by atoms with Gasteiger partial charge in [0.2, 0.25) is 10.0 Å². The number of alkyl halides is 3. The number of nitriles is 1. The molecule has 1 aromatic carbocycles. The lowest BCUT2D eigenvalue weighted by Crippen LogP contribution is -2.51. The number of nitrogens with zero attached hydrogens (tertiary/aromatic N) is 2. The third kappa shape index (κ3) is 3.55. The summed E-state index contributed by atoms with van der Waals surface area (Å²) in [6.45, 7) is 1.96. The summed E-state index contributed by atoms with van der Waals surface area (Å²) in [7, 11) is -4.02. The Bertz CT molecular complexity index is 754. The molecule has 0 aromatic heterocycles. The van der Waals surface area contributed by atoms with Crippen LogP contribution in [0.25, 0.3) is 0 Å². The Hall–Kier alpha value is -1.63. The van der Waals surface area contributed by atoms with Gasteiger partial charge in [0.25, 0.3) is 0 Å². The van der Waals surface area contributed by atoms with Crippen molar-refractivity contribution in [3.05, 3.63) is 29.3 Å². The van der Waals surface area contributed by atoms with E-state index in [-0.39, 0.29) is 11.4 Å². The molecule has 5 nitrogen and oxygen atoms in total. The van der Waals surface area contributed by atoms with Crippen LogP contribution in [-0.4, -0.2) is 31.4 Å². The lowest BCUT2D eigenvalue weighted by molar-refractivity contribution is -0.137. The van der Waals surface area contributed by atoms with E-state index in [4.69, 9.17) is 11.0 Å². The predicted octanol–water partition coefficient (Wildman–Crippen LogP) is 2.47. The molecule has 1 heterocycles. The van der Waals surface area contributed by atoms with E-state index in [2.05, 4.69) is 0 Å². The number of benzene rings is 1. The normalized spacial score (nSPS) is 21.2. The van der Waals surface area contributed by atoms with Gasteiger partial charge in [-0.15, -0.1) is 0 Å². The van der Waals surface area contributed by atoms with Crippen molar-refractivity contribution in [2.24, 2.45) is 5.73 Å². The zero-order valence-electron chi connectivity index (χ0n) is 13.0. The average Bonchev–Trinajstić information content (AvgIpc) is 2.53. The largest absolute Gasteiger partial charge is 0.417 e. The first-order valence-corrected chi connectivity index (χ1v) is 8.92. The van der Waals surface area contributed by atoms with Crippen LogP contribution in [0.3, 0.4) is 0 Å². The molecular formula is C15H18F3N3O2S. The number of sulfonamides is 1. The Morgan fingerprint density at radius 1 is 1.38 bits per heavy atom. The van der Waals surface area contributed by atoms with Gasteiger partial charge in [-0.3, -0.25) is 0 Å². The highest BCUT2D eigenvalue weighted by Gasteiger charge is 2.38. The first-order chi connectivity index (χ1) is 11.1. The molecule has 132 valence electrons. The van der Waals surface area contributed by atoms with Crippen molar-refractivity contribution in [2.45, 2.75) is 49.3 Å². The van der Waals surface area contributed by atoms with Crippen LogP contribution in [-0.2, 0) is 16.2 Å². The van der Waals surface area contributed by atoms with Gasteiger partial charge in [-0.05, 0) is 38.0 Å². The Morgan fingerprint density at radius 2 is 2.04 bits per heavy atom. The van der Waals surface area contributed by atoms with E-state index in [9.17, 15) is 21.6 Å². The molecule has 0 aliphatic carbocycles. The van der Waals surface area contributed by atoms with E-state index in [1.807, 2.05) is 0 Å². The SMILES string of the molecule is CC(N)C1CCCCN1S(=O)(=O)c1ccc(C(F)(F)F)c(C#N)c1. The van der Waals surface area contributed by atoms with Crippen LogP contribution >= 0.6 is 0 Å². The molecule has 2 rings (SSSR count). The van der Waals surface area contributed by atoms with Crippen LogP contribution in [0, 0.1) is 11.3 Å². The Kier molecular flexibility index (Phi) is 5.22. The van der Waals surface area contributed by atoms with E-state index >= 15 is 0 Å². The van der Waals surface area contributed by atoms with Crippen LogP contribution in [0.15, 0.2) is 23.1 Å². The first kappa shape index (κ1) is 18.7. The van der Waals surface area contributed by atoms with Gasteiger partial charge >= 0.3 is 6.18 Å². The molecule has 24 heavy (non-hydrogen) atoms. The van der Waals surface area contributed by atoms with Gasteiger partial charge in [-0.1, -0.05) is 6.42 Å². The third-order valence-electron chi connectivity index (χ3n) is 4.13. The molecule has 2 unspecified atom stereocenters. The molecule has 9 heteroatoms. The lowest BCUT2D eigenvalue weighted by Gasteiger charge is -2.36. The summed E-state index contributed by atoms with van der Waals surface area (Å²) in [5.74, 6) is 0. The average molecular weight is 361 g/mol. The van der Waals surface area contributed by atoms with Gasteiger partial charge in [0, 0.05) is 18.6 Å². The lowest BCUT2D eigenvalue weighted by atomic mass is 10.00. The maximum atomic E-state index is 12.9. The van der Waals surface area contributed by atoms with Crippen LogP contribution < -0.4 is 5.73 Å². The molecule has 0 radical (unpaired) electrons. The van der Waals surface area contributed by atoms with Crippen molar-refractivity contribution < 1.29 is 21.6 Å². The summed E-state index contributed by atoms with van der Waals surface area (Å²) in [5.41, 5.74) is 4.01. The number of hydrogen-bond acceptors (Lipinski definition) is 4. The molecule has 1 aliphatic heterocycles. The molecule has 0 saturated carbocycles. The summed E-state index contributed by atoms with van der Waals surface area (Å²) in [4.78, 5) is -0.320. The Balaban J connectivity index is 2.48. The summed E-state index contributed by atoms with van der Waals surface area (Å²) in [6.07, 6.45) is -2.61. The molecule has 2 atom stereocenters. The zero-order valence-corrected chi connectivity index (χ0v) is 13.9. The van der Waals surface area contributed by atoms with Gasteiger partial charge in [0.15, 0.2) is 0 Å². The topological polar surface area (TPSA) is 87.2 Å². The molecule has 0 spiro atoms. The smallest absolute Gasteiger partial charge is 0.326 e. The summed E-state index contributed by atoms with van der Waals surface area (Å²) < 4.78 is 65.4. The van der Waals surface area contributed by atoms with Gasteiger partial charge in [-0.25, -0.2) is 8.42 Å². The third-order valence-corrected chi connectivity index (χ3v) is 6.05. The molecule has 0 bridgehead atoms. The zero-order chi connectivity index (χ0) is 18.1. The maximum absolute atomic E-state index is 12.9. The minimum atomic E-state index is -4.72. The summed E-state index contributed by atoms with van der Waals surface area (Å²) in [6, 6.07) is 2.93. The van der Waals surface area contributed by atoms with E-state index in [0.29, 0.717) is 18.9 Å². The summed E-state index contributed by atoms with van der Waals surface area (Å²) in [5, 5.41) is 8.94. The number of halogens is 3. The molecule has 1 aliphatic rings. The number of nitrogens with two attached hydrogens (primary N) is 1. The standard InChI is InChI=1S/C15H18F3N3O2S/c1-10(20)14-4-2-3-7-21(14)24(22,23)12-5-6-13(15(16,17)18)11(8-12)9-19/h5-6,8,10,14H,2-4,7,20H2,1H3. The fourth-order valence-electron chi connectivity index (χ4n) is 2.91. The van der Waals surface area contributed by atoms with E-state index in [0.717, 1.165) is 18.6 Å². The van der Waals surface area contributed by atoms with Crippen LogP contribution in [0.1, 0.15) is 37.3 Å². The van der Waals surface area contributed by atoms with Crippen LogP contribution in [0.5, 0.6) is 0 Å². The van der Waals surface area contributed by atoms with Crippen molar-refractivity contribution in [3.8, 4) is 6.07 Å². The Morgan fingerprint density at radius 3 is 2.58 bits per heavy atom. The van der Waals surface area contributed by atoms with Crippen molar-refractivity contribution in [2.75, 3.05) is 6.54 Å². The van der Waals surface area contributed by atoms with Crippen LogP contribution in [0.2, 0.25) is 0 Å². The van der Waals surface area contributed by atoms with Crippen molar-refractivity contribution in [3.63, 3.8) is 0 Å². The molecular weight excluding hydrogens is 343 g/mol. The molecule has 1 saturated heterocycles. The number of rotatable bonds is 3. The fourth-order valence-corrected chi connectivity index (χ4v) is 4.71. The molecule has 2 N–H and O–H groups in total. The van der Waals surface area contributed by atoms with Crippen molar-refractivity contribution in [1.29, 1.82) is 5.26 Å². The quantitative estimate of drug-likeness (QED) is 0.896. The maximum Gasteiger partial charge on any atom is 0.417 e. The van der Waals surface area contributed by atoms with E-state index in [1.54, 1.807) is 6.92 Å². The first-order valence-electron chi connectivity index (χ1n) is 7.48. The second kappa shape index (κ2) is 6.70. The number of piperidine rings is 1. The predicted molar refractivity (Wildman–Crippen MR) is 81.3 cm³/mol. The monoisotopic (exact) mass is 361 g/mol. The van der Waals surface area contributed by atoms with Crippen LogP contribution in [0.4, 0.5) is 13.2 Å². The molecule has 1 aromatic rings. The van der Waals surface area contributed by atoms with Crippen molar-refractivity contribution >= 4 is 10.0 Å². The second-order valence-corrected chi connectivity index (χ2v) is 7.75. The van der Waals surface area contributed by atoms with E-state index in [1.165, 1.54) is 10.4 Å². The minimum Gasteiger partial charge on any atom is -0.326 e. The molecule has 1 fully saturated rings.